The van der Waals surface area contributed by atoms with Gasteiger partial charge in [-0.3, -0.25) is 4.79 Å². The van der Waals surface area contributed by atoms with Crippen molar-refractivity contribution in [3.63, 3.8) is 0 Å². The summed E-state index contributed by atoms with van der Waals surface area (Å²) >= 11 is 1.52. The van der Waals surface area contributed by atoms with E-state index in [1.807, 2.05) is 36.4 Å². The molecule has 0 unspecified atom stereocenters. The highest BCUT2D eigenvalue weighted by Gasteiger charge is 2.05. The van der Waals surface area contributed by atoms with Gasteiger partial charge in [-0.2, -0.15) is 5.26 Å². The van der Waals surface area contributed by atoms with Crippen LogP contribution in [0.2, 0.25) is 0 Å². The van der Waals surface area contributed by atoms with Gasteiger partial charge in [-0.1, -0.05) is 11.8 Å². The fourth-order valence-electron chi connectivity index (χ4n) is 2.27. The molecule has 0 atom stereocenters. The lowest BCUT2D eigenvalue weighted by atomic mass is 10.2. The number of rotatable bonds is 7. The van der Waals surface area contributed by atoms with E-state index in [4.69, 9.17) is 10.00 Å². The number of aromatic nitrogens is 2. The number of nitriles is 1. The number of nitrogens with zero attached hydrogens (tertiary/aromatic N) is 3. The molecular weight excluding hydrogens is 374 g/mol. The maximum Gasteiger partial charge on any atom is 0.238 e. The van der Waals surface area contributed by atoms with E-state index in [2.05, 4.69) is 20.6 Å². The molecule has 0 saturated heterocycles. The Kier molecular flexibility index (Phi) is 6.44. The Balaban J connectivity index is 1.63. The van der Waals surface area contributed by atoms with Gasteiger partial charge in [0.1, 0.15) is 17.2 Å². The van der Waals surface area contributed by atoms with Crippen molar-refractivity contribution in [2.45, 2.75) is 16.3 Å². The van der Waals surface area contributed by atoms with Crippen LogP contribution in [0.3, 0.4) is 0 Å². The van der Waals surface area contributed by atoms with E-state index >= 15 is 0 Å². The van der Waals surface area contributed by atoms with E-state index in [-0.39, 0.29) is 12.3 Å². The highest BCUT2D eigenvalue weighted by atomic mass is 32.2. The molecule has 28 heavy (non-hydrogen) atoms. The fourth-order valence-corrected chi connectivity index (χ4v) is 3.04. The second-order valence-corrected chi connectivity index (χ2v) is 6.68. The summed E-state index contributed by atoms with van der Waals surface area (Å²) in [5, 5.41) is 15.1. The van der Waals surface area contributed by atoms with Crippen LogP contribution in [0, 0.1) is 11.3 Å². The standard InChI is InChI=1S/C20H17N5O2S/c1-27-16-6-8-17(9-7-16)28-19-11-13-22-20(25-19)24-15-4-2-14(3-5-15)23-18(26)10-12-21/h2-9,11,13H,10H2,1H3,(H,23,26)(H,22,24,25). The number of hydrogen-bond acceptors (Lipinski definition) is 7. The van der Waals surface area contributed by atoms with E-state index in [9.17, 15) is 4.79 Å². The Bertz CT molecular complexity index is 985. The van der Waals surface area contributed by atoms with Crippen molar-refractivity contribution >= 4 is 35.0 Å². The summed E-state index contributed by atoms with van der Waals surface area (Å²) in [6.07, 6.45) is 1.52. The van der Waals surface area contributed by atoms with Gasteiger partial charge < -0.3 is 15.4 Å². The molecule has 1 amide bonds. The summed E-state index contributed by atoms with van der Waals surface area (Å²) in [7, 11) is 1.64. The zero-order chi connectivity index (χ0) is 19.8. The van der Waals surface area contributed by atoms with Crippen LogP contribution in [0.15, 0.2) is 70.7 Å². The summed E-state index contributed by atoms with van der Waals surface area (Å²) in [5.41, 5.74) is 1.40. The van der Waals surface area contributed by atoms with Gasteiger partial charge in [0.05, 0.1) is 13.2 Å². The Morgan fingerprint density at radius 1 is 1.11 bits per heavy atom. The maximum atomic E-state index is 11.4. The molecule has 2 N–H and O–H groups in total. The number of carbonyl (C=O) groups is 1. The second-order valence-electron chi connectivity index (χ2n) is 5.58. The van der Waals surface area contributed by atoms with Crippen LogP contribution in [0.1, 0.15) is 6.42 Å². The van der Waals surface area contributed by atoms with Gasteiger partial charge >= 0.3 is 0 Å². The van der Waals surface area contributed by atoms with Gasteiger partial charge in [0.25, 0.3) is 0 Å². The maximum absolute atomic E-state index is 11.4. The number of carbonyl (C=O) groups excluding carboxylic acids is 1. The van der Waals surface area contributed by atoms with Crippen LogP contribution in [-0.2, 0) is 4.79 Å². The van der Waals surface area contributed by atoms with Crippen molar-refractivity contribution in [1.29, 1.82) is 5.26 Å². The zero-order valence-corrected chi connectivity index (χ0v) is 15.9. The van der Waals surface area contributed by atoms with Crippen LogP contribution in [0.25, 0.3) is 0 Å². The second kappa shape index (κ2) is 9.39. The third-order valence-electron chi connectivity index (χ3n) is 3.58. The molecular formula is C20H17N5O2S. The number of amides is 1. The molecule has 0 fully saturated rings. The molecule has 8 heteroatoms. The minimum Gasteiger partial charge on any atom is -0.497 e. The molecule has 0 aliphatic rings. The minimum absolute atomic E-state index is 0.174. The Morgan fingerprint density at radius 2 is 1.82 bits per heavy atom. The number of anilines is 3. The SMILES string of the molecule is COc1ccc(Sc2ccnc(Nc3ccc(NC(=O)CC#N)cc3)n2)cc1. The van der Waals surface area contributed by atoms with Gasteiger partial charge in [0.2, 0.25) is 11.9 Å². The van der Waals surface area contributed by atoms with Crippen LogP contribution in [-0.4, -0.2) is 23.0 Å². The average Bonchev–Trinajstić information content (AvgIpc) is 2.71. The Hall–Kier alpha value is -3.57. The van der Waals surface area contributed by atoms with E-state index in [1.54, 1.807) is 37.6 Å². The lowest BCUT2D eigenvalue weighted by molar-refractivity contribution is -0.115. The number of nitrogens with one attached hydrogen (secondary N) is 2. The van der Waals surface area contributed by atoms with Crippen LogP contribution in [0.4, 0.5) is 17.3 Å². The first-order chi connectivity index (χ1) is 13.7. The molecule has 3 rings (SSSR count). The summed E-state index contributed by atoms with van der Waals surface area (Å²) in [5.74, 6) is 0.941. The monoisotopic (exact) mass is 391 g/mol. The fraction of sp³-hybridized carbons (Fsp3) is 0.100. The molecule has 7 nitrogen and oxygen atoms in total. The van der Waals surface area contributed by atoms with Gasteiger partial charge in [0, 0.05) is 22.5 Å². The van der Waals surface area contributed by atoms with Crippen molar-refractivity contribution < 1.29 is 9.53 Å². The van der Waals surface area contributed by atoms with Gasteiger partial charge in [-0.05, 0) is 54.6 Å². The number of hydrogen-bond donors (Lipinski definition) is 2. The molecule has 0 aliphatic carbocycles. The molecule has 0 radical (unpaired) electrons. The van der Waals surface area contributed by atoms with Crippen molar-refractivity contribution in [2.75, 3.05) is 17.7 Å². The zero-order valence-electron chi connectivity index (χ0n) is 15.0. The number of methoxy groups -OCH3 is 1. The number of ether oxygens (including phenoxy) is 1. The van der Waals surface area contributed by atoms with E-state index in [0.29, 0.717) is 11.6 Å². The Labute approximate surface area is 166 Å². The first-order valence-corrected chi connectivity index (χ1v) is 9.17. The number of benzene rings is 2. The molecule has 0 bridgehead atoms. The van der Waals surface area contributed by atoms with E-state index in [0.717, 1.165) is 21.4 Å². The molecule has 140 valence electrons. The quantitative estimate of drug-likeness (QED) is 0.581. The van der Waals surface area contributed by atoms with Gasteiger partial charge in [-0.15, -0.1) is 0 Å². The van der Waals surface area contributed by atoms with Gasteiger partial charge in [-0.25, -0.2) is 9.97 Å². The van der Waals surface area contributed by atoms with Crippen molar-refractivity contribution in [3.8, 4) is 11.8 Å². The molecule has 0 aliphatic heterocycles. The largest absolute Gasteiger partial charge is 0.497 e. The molecule has 0 spiro atoms. The van der Waals surface area contributed by atoms with Crippen molar-refractivity contribution in [3.05, 3.63) is 60.8 Å². The first-order valence-electron chi connectivity index (χ1n) is 8.35. The third-order valence-corrected chi connectivity index (χ3v) is 4.52. The minimum atomic E-state index is -0.338. The summed E-state index contributed by atoms with van der Waals surface area (Å²) in [6.45, 7) is 0. The third kappa shape index (κ3) is 5.46. The lowest BCUT2D eigenvalue weighted by Gasteiger charge is -2.08. The highest BCUT2D eigenvalue weighted by molar-refractivity contribution is 7.99. The Morgan fingerprint density at radius 3 is 2.50 bits per heavy atom. The van der Waals surface area contributed by atoms with Crippen LogP contribution in [0.5, 0.6) is 5.75 Å². The predicted molar refractivity (Wildman–Crippen MR) is 108 cm³/mol. The molecule has 1 heterocycles. The van der Waals surface area contributed by atoms with E-state index in [1.165, 1.54) is 11.8 Å². The van der Waals surface area contributed by atoms with Crippen LogP contribution < -0.4 is 15.4 Å². The molecule has 3 aromatic rings. The first kappa shape index (κ1) is 19.2. The smallest absolute Gasteiger partial charge is 0.238 e. The summed E-state index contributed by atoms with van der Waals surface area (Å²) < 4.78 is 5.16. The summed E-state index contributed by atoms with van der Waals surface area (Å²) in [4.78, 5) is 21.2. The molecule has 1 aromatic heterocycles. The molecule has 0 saturated carbocycles. The summed E-state index contributed by atoms with van der Waals surface area (Å²) in [6, 6.07) is 18.5. The van der Waals surface area contributed by atoms with E-state index < -0.39 is 0 Å². The lowest BCUT2D eigenvalue weighted by Crippen LogP contribution is -2.09. The average molecular weight is 391 g/mol. The van der Waals surface area contributed by atoms with Gasteiger partial charge in [0.15, 0.2) is 0 Å². The topological polar surface area (TPSA) is 99.9 Å². The highest BCUT2D eigenvalue weighted by Crippen LogP contribution is 2.28. The van der Waals surface area contributed by atoms with Crippen LogP contribution >= 0.6 is 11.8 Å². The predicted octanol–water partition coefficient (Wildman–Crippen LogP) is 4.23. The molecule has 2 aromatic carbocycles. The van der Waals surface area contributed by atoms with Crippen molar-refractivity contribution in [2.24, 2.45) is 0 Å². The normalized spacial score (nSPS) is 10.0. The van der Waals surface area contributed by atoms with Crippen molar-refractivity contribution in [1.82, 2.24) is 9.97 Å².